The Morgan fingerprint density at radius 3 is 2.93 bits per heavy atom. The normalized spacial score (nSPS) is 26.7. The molecule has 0 aliphatic carbocycles. The average Bonchev–Trinajstić information content (AvgIpc) is 2.71. The fraction of sp³-hybridized carbons (Fsp3) is 0.600. The molecule has 1 amide bonds. The summed E-state index contributed by atoms with van der Waals surface area (Å²) in [6.07, 6.45) is 2.25. The Morgan fingerprint density at radius 1 is 1.67 bits per heavy atom. The second-order valence-corrected chi connectivity index (χ2v) is 5.03. The first-order valence-electron chi connectivity index (χ1n) is 5.06. The van der Waals surface area contributed by atoms with E-state index in [1.165, 1.54) is 0 Å². The van der Waals surface area contributed by atoms with Crippen molar-refractivity contribution in [3.05, 3.63) is 16.6 Å². The minimum atomic E-state index is -0.0969. The Bertz CT molecular complexity index is 350. The predicted molar refractivity (Wildman–Crippen MR) is 59.4 cm³/mol. The van der Waals surface area contributed by atoms with E-state index in [1.54, 1.807) is 16.8 Å². The molecule has 1 fully saturated rings. The summed E-state index contributed by atoms with van der Waals surface area (Å²) >= 11 is 1.56. The molecule has 1 saturated heterocycles. The van der Waals surface area contributed by atoms with Gasteiger partial charge in [-0.15, -0.1) is 11.3 Å². The van der Waals surface area contributed by atoms with Gasteiger partial charge in [0, 0.05) is 29.6 Å². The summed E-state index contributed by atoms with van der Waals surface area (Å²) in [6, 6.07) is 0.114. The van der Waals surface area contributed by atoms with Gasteiger partial charge < -0.3 is 10.6 Å². The van der Waals surface area contributed by atoms with Crippen molar-refractivity contribution in [2.75, 3.05) is 0 Å². The number of nitrogens with two attached hydrogens (primary N) is 1. The zero-order chi connectivity index (χ0) is 11.0. The minimum absolute atomic E-state index is 0.0185. The number of hydrogen-bond donors (Lipinski definition) is 1. The molecule has 0 radical (unpaired) electrons. The standard InChI is InChI=1S/C10H15N3OS/c1-6(2)13-9(14)3-7(11)10(13)8-4-12-5-15-8/h4-7,10H,3,11H2,1-2H3. The number of thiazole rings is 1. The quantitative estimate of drug-likeness (QED) is 0.821. The zero-order valence-electron chi connectivity index (χ0n) is 8.88. The highest BCUT2D eigenvalue weighted by molar-refractivity contribution is 7.09. The van der Waals surface area contributed by atoms with Gasteiger partial charge in [0.2, 0.25) is 5.91 Å². The fourth-order valence-electron chi connectivity index (χ4n) is 2.11. The summed E-state index contributed by atoms with van der Waals surface area (Å²) in [5.74, 6) is 0.149. The van der Waals surface area contributed by atoms with Crippen LogP contribution in [0.4, 0.5) is 0 Å². The average molecular weight is 225 g/mol. The van der Waals surface area contributed by atoms with E-state index in [1.807, 2.05) is 24.9 Å². The largest absolute Gasteiger partial charge is 0.331 e. The molecule has 0 saturated carbocycles. The molecular weight excluding hydrogens is 210 g/mol. The Morgan fingerprint density at radius 2 is 2.40 bits per heavy atom. The third-order valence-corrected chi connectivity index (χ3v) is 3.55. The van der Waals surface area contributed by atoms with Crippen LogP contribution in [0.5, 0.6) is 0 Å². The molecule has 5 heteroatoms. The third kappa shape index (κ3) is 1.77. The number of amides is 1. The molecule has 1 aromatic heterocycles. The van der Waals surface area contributed by atoms with E-state index in [-0.39, 0.29) is 24.0 Å². The van der Waals surface area contributed by atoms with Crippen molar-refractivity contribution in [2.24, 2.45) is 5.73 Å². The van der Waals surface area contributed by atoms with Crippen LogP contribution in [0.1, 0.15) is 31.2 Å². The van der Waals surface area contributed by atoms with Crippen LogP contribution in [0, 0.1) is 0 Å². The summed E-state index contributed by atoms with van der Waals surface area (Å²) in [6.45, 7) is 4.04. The molecule has 2 atom stereocenters. The lowest BCUT2D eigenvalue weighted by molar-refractivity contribution is -0.130. The maximum atomic E-state index is 11.8. The lowest BCUT2D eigenvalue weighted by Gasteiger charge is -2.29. The summed E-state index contributed by atoms with van der Waals surface area (Å²) in [5, 5.41) is 0. The van der Waals surface area contributed by atoms with E-state index in [9.17, 15) is 4.79 Å². The minimum Gasteiger partial charge on any atom is -0.331 e. The first-order chi connectivity index (χ1) is 7.11. The van der Waals surface area contributed by atoms with Crippen molar-refractivity contribution in [2.45, 2.75) is 38.4 Å². The van der Waals surface area contributed by atoms with Crippen LogP contribution in [0.25, 0.3) is 0 Å². The van der Waals surface area contributed by atoms with Crippen molar-refractivity contribution in [3.63, 3.8) is 0 Å². The summed E-state index contributed by atoms with van der Waals surface area (Å²) in [4.78, 5) is 18.8. The maximum absolute atomic E-state index is 11.8. The molecule has 0 aromatic carbocycles. The lowest BCUT2D eigenvalue weighted by Crippen LogP contribution is -2.37. The van der Waals surface area contributed by atoms with Crippen LogP contribution >= 0.6 is 11.3 Å². The second kappa shape index (κ2) is 3.90. The van der Waals surface area contributed by atoms with Gasteiger partial charge in [-0.05, 0) is 13.8 Å². The topological polar surface area (TPSA) is 59.2 Å². The molecule has 2 rings (SSSR count). The SMILES string of the molecule is CC(C)N1C(=O)CC(N)C1c1cncs1. The summed E-state index contributed by atoms with van der Waals surface area (Å²) in [7, 11) is 0. The fourth-order valence-corrected chi connectivity index (χ4v) is 2.90. The molecule has 2 unspecified atom stereocenters. The number of hydrogen-bond acceptors (Lipinski definition) is 4. The molecule has 4 nitrogen and oxygen atoms in total. The van der Waals surface area contributed by atoms with Crippen LogP contribution in [0.3, 0.4) is 0 Å². The highest BCUT2D eigenvalue weighted by Crippen LogP contribution is 2.35. The van der Waals surface area contributed by atoms with E-state index in [0.29, 0.717) is 6.42 Å². The smallest absolute Gasteiger partial charge is 0.225 e. The van der Waals surface area contributed by atoms with Crippen LogP contribution in [-0.4, -0.2) is 27.9 Å². The molecule has 2 heterocycles. The number of carbonyl (C=O) groups excluding carboxylic acids is 1. The Balaban J connectivity index is 2.32. The zero-order valence-corrected chi connectivity index (χ0v) is 9.70. The maximum Gasteiger partial charge on any atom is 0.225 e. The van der Waals surface area contributed by atoms with E-state index in [4.69, 9.17) is 5.73 Å². The number of nitrogens with zero attached hydrogens (tertiary/aromatic N) is 2. The first-order valence-corrected chi connectivity index (χ1v) is 5.94. The molecule has 1 aromatic rings. The highest BCUT2D eigenvalue weighted by atomic mass is 32.1. The van der Waals surface area contributed by atoms with Crippen molar-refractivity contribution in [1.29, 1.82) is 0 Å². The van der Waals surface area contributed by atoms with Crippen molar-refractivity contribution in [3.8, 4) is 0 Å². The van der Waals surface area contributed by atoms with Gasteiger partial charge in [0.1, 0.15) is 0 Å². The van der Waals surface area contributed by atoms with Crippen LogP contribution < -0.4 is 5.73 Å². The number of carbonyl (C=O) groups is 1. The van der Waals surface area contributed by atoms with Gasteiger partial charge in [0.15, 0.2) is 0 Å². The highest BCUT2D eigenvalue weighted by Gasteiger charge is 2.40. The molecule has 2 N–H and O–H groups in total. The van der Waals surface area contributed by atoms with Gasteiger partial charge >= 0.3 is 0 Å². The number of likely N-dealkylation sites (tertiary alicyclic amines) is 1. The molecule has 0 bridgehead atoms. The van der Waals surface area contributed by atoms with E-state index < -0.39 is 0 Å². The van der Waals surface area contributed by atoms with Gasteiger partial charge in [-0.25, -0.2) is 0 Å². The number of rotatable bonds is 2. The van der Waals surface area contributed by atoms with Crippen LogP contribution in [0.2, 0.25) is 0 Å². The van der Waals surface area contributed by atoms with E-state index in [0.717, 1.165) is 4.88 Å². The molecule has 1 aliphatic heterocycles. The van der Waals surface area contributed by atoms with Gasteiger partial charge in [-0.2, -0.15) is 0 Å². The number of aromatic nitrogens is 1. The van der Waals surface area contributed by atoms with E-state index >= 15 is 0 Å². The Labute approximate surface area is 93.1 Å². The van der Waals surface area contributed by atoms with Gasteiger partial charge in [-0.1, -0.05) is 0 Å². The van der Waals surface area contributed by atoms with Gasteiger partial charge in [-0.3, -0.25) is 9.78 Å². The molecule has 15 heavy (non-hydrogen) atoms. The molecular formula is C10H15N3OS. The van der Waals surface area contributed by atoms with Gasteiger partial charge in [0.25, 0.3) is 0 Å². The van der Waals surface area contributed by atoms with Crippen molar-refractivity contribution >= 4 is 17.2 Å². The molecule has 0 spiro atoms. The molecule has 82 valence electrons. The van der Waals surface area contributed by atoms with Crippen LogP contribution in [-0.2, 0) is 4.79 Å². The van der Waals surface area contributed by atoms with Gasteiger partial charge in [0.05, 0.1) is 11.6 Å². The van der Waals surface area contributed by atoms with Crippen molar-refractivity contribution < 1.29 is 4.79 Å². The first kappa shape index (κ1) is 10.6. The molecule has 1 aliphatic rings. The Kier molecular flexibility index (Phi) is 2.75. The summed E-state index contributed by atoms with van der Waals surface area (Å²) < 4.78 is 0. The summed E-state index contributed by atoms with van der Waals surface area (Å²) in [5.41, 5.74) is 7.79. The van der Waals surface area contributed by atoms with E-state index in [2.05, 4.69) is 4.98 Å². The van der Waals surface area contributed by atoms with Crippen molar-refractivity contribution in [1.82, 2.24) is 9.88 Å². The predicted octanol–water partition coefficient (Wildman–Crippen LogP) is 1.15. The lowest BCUT2D eigenvalue weighted by atomic mass is 10.1. The third-order valence-electron chi connectivity index (χ3n) is 2.70. The second-order valence-electron chi connectivity index (χ2n) is 4.11. The monoisotopic (exact) mass is 225 g/mol. The Hall–Kier alpha value is -0.940. The van der Waals surface area contributed by atoms with Crippen LogP contribution in [0.15, 0.2) is 11.7 Å².